The van der Waals surface area contributed by atoms with Crippen LogP contribution in [0.15, 0.2) is 23.8 Å². The number of anilines is 1. The molecule has 1 aromatic rings. The van der Waals surface area contributed by atoms with Gasteiger partial charge in [-0.1, -0.05) is 30.2 Å². The maximum atomic E-state index is 13.6. The standard InChI is InChI=1S/C35H54ClN3O10S/c1-11-19(2)14-23-15-24(30(36)25(16-23)46-10)39(8)29(41)17-27(48-32(42)21(4)38(7)28(40)12-13-50)34(6)31(49-34)20(3)26-18-35(44,22(5)45-9)37-33(43)47-26/h11,15-16,20-22,26-27,29,31,41,44,50H,12-14,17-18H2,1-10H3,(H,37,43)/b19-11+/t20-,21+,22-,26+,27+,29?,31+,34-,35+/m1/s1. The topological polar surface area (TPSA) is 160 Å². The third kappa shape index (κ3) is 9.37. The van der Waals surface area contributed by atoms with Gasteiger partial charge in [0, 0.05) is 46.4 Å². The van der Waals surface area contributed by atoms with Crippen LogP contribution in [0, 0.1) is 5.92 Å². The fraction of sp³-hybridized carbons (Fsp3) is 0.686. The van der Waals surface area contributed by atoms with Crippen LogP contribution in [0.2, 0.25) is 5.02 Å². The average molecular weight is 744 g/mol. The first-order valence-electron chi connectivity index (χ1n) is 16.7. The molecule has 2 saturated heterocycles. The highest BCUT2D eigenvalue weighted by molar-refractivity contribution is 7.80. The number of ether oxygens (including phenoxy) is 5. The summed E-state index contributed by atoms with van der Waals surface area (Å²) in [5, 5.41) is 25.6. The predicted molar refractivity (Wildman–Crippen MR) is 193 cm³/mol. The molecule has 15 heteroatoms. The number of epoxide rings is 1. The van der Waals surface area contributed by atoms with E-state index in [1.165, 1.54) is 26.2 Å². The Balaban J connectivity index is 1.93. The molecule has 0 saturated carbocycles. The van der Waals surface area contributed by atoms with Gasteiger partial charge in [0.25, 0.3) is 0 Å². The summed E-state index contributed by atoms with van der Waals surface area (Å²) in [6.07, 6.45) is -2.48. The van der Waals surface area contributed by atoms with Gasteiger partial charge in [-0.2, -0.15) is 12.6 Å². The van der Waals surface area contributed by atoms with Crippen molar-refractivity contribution >= 4 is 47.9 Å². The highest BCUT2D eigenvalue weighted by atomic mass is 35.5. The van der Waals surface area contributed by atoms with E-state index < -0.39 is 66.0 Å². The minimum atomic E-state index is -1.68. The maximum absolute atomic E-state index is 13.6. The summed E-state index contributed by atoms with van der Waals surface area (Å²) in [6, 6.07) is 2.78. The van der Waals surface area contributed by atoms with Crippen LogP contribution >= 0.6 is 24.2 Å². The lowest BCUT2D eigenvalue weighted by Gasteiger charge is -2.41. The van der Waals surface area contributed by atoms with Gasteiger partial charge in [-0.05, 0) is 64.5 Å². The fourth-order valence-electron chi connectivity index (χ4n) is 6.19. The van der Waals surface area contributed by atoms with E-state index in [0.29, 0.717) is 28.6 Å². The second-order valence-electron chi connectivity index (χ2n) is 13.5. The van der Waals surface area contributed by atoms with E-state index >= 15 is 0 Å². The van der Waals surface area contributed by atoms with Crippen LogP contribution in [0.3, 0.4) is 0 Å². The Bertz CT molecular complexity index is 1420. The number of cyclic esters (lactones) is 1. The first kappa shape index (κ1) is 41.7. The van der Waals surface area contributed by atoms with Crippen molar-refractivity contribution in [3.63, 3.8) is 0 Å². The Hall–Kier alpha value is -2.75. The lowest BCUT2D eigenvalue weighted by Crippen LogP contribution is -2.63. The molecule has 0 bridgehead atoms. The molecule has 9 atom stereocenters. The molecule has 2 aliphatic rings. The van der Waals surface area contributed by atoms with E-state index in [2.05, 4.69) is 17.9 Å². The van der Waals surface area contributed by atoms with E-state index in [-0.39, 0.29) is 25.2 Å². The quantitative estimate of drug-likeness (QED) is 0.0599. The molecule has 50 heavy (non-hydrogen) atoms. The fourth-order valence-corrected chi connectivity index (χ4v) is 6.70. The normalized spacial score (nSPS) is 26.4. The van der Waals surface area contributed by atoms with Gasteiger partial charge in [-0.3, -0.25) is 10.1 Å². The van der Waals surface area contributed by atoms with Crippen molar-refractivity contribution in [1.82, 2.24) is 10.2 Å². The highest BCUT2D eigenvalue weighted by Crippen LogP contribution is 2.49. The number of allylic oxidation sites excluding steroid dienone is 2. The summed E-state index contributed by atoms with van der Waals surface area (Å²) in [7, 11) is 6.14. The number of nitrogens with zero attached hydrogens (tertiary/aromatic N) is 2. The van der Waals surface area contributed by atoms with Crippen LogP contribution in [0.4, 0.5) is 10.5 Å². The number of carbonyl (C=O) groups excluding carboxylic acids is 3. The molecule has 13 nitrogen and oxygen atoms in total. The number of amides is 2. The molecule has 0 aromatic heterocycles. The van der Waals surface area contributed by atoms with E-state index in [0.717, 1.165) is 11.1 Å². The third-order valence-electron chi connectivity index (χ3n) is 10.1. The number of rotatable bonds is 17. The Morgan fingerprint density at radius 3 is 2.48 bits per heavy atom. The van der Waals surface area contributed by atoms with Crippen LogP contribution in [-0.2, 0) is 35.0 Å². The second-order valence-corrected chi connectivity index (χ2v) is 14.3. The molecule has 282 valence electrons. The predicted octanol–water partition coefficient (Wildman–Crippen LogP) is 4.10. The number of likely N-dealkylation sites (N-methyl/N-ethyl adjacent to an activating group) is 1. The monoisotopic (exact) mass is 743 g/mol. The third-order valence-corrected chi connectivity index (χ3v) is 10.7. The number of hydrogen-bond acceptors (Lipinski definition) is 12. The Morgan fingerprint density at radius 2 is 1.90 bits per heavy atom. The molecule has 0 radical (unpaired) electrons. The zero-order valence-electron chi connectivity index (χ0n) is 30.7. The van der Waals surface area contributed by atoms with Crippen LogP contribution < -0.4 is 15.0 Å². The Labute approximate surface area is 305 Å². The number of thiol groups is 1. The maximum Gasteiger partial charge on any atom is 0.409 e. The van der Waals surface area contributed by atoms with E-state index in [9.17, 15) is 24.6 Å². The first-order chi connectivity index (χ1) is 23.4. The van der Waals surface area contributed by atoms with Crippen LogP contribution in [0.1, 0.15) is 66.4 Å². The number of halogens is 1. The molecule has 2 fully saturated rings. The van der Waals surface area contributed by atoms with Gasteiger partial charge in [0.1, 0.15) is 47.0 Å². The van der Waals surface area contributed by atoms with Crippen molar-refractivity contribution in [1.29, 1.82) is 0 Å². The first-order valence-corrected chi connectivity index (χ1v) is 17.8. The van der Waals surface area contributed by atoms with Crippen molar-refractivity contribution in [2.24, 2.45) is 5.92 Å². The van der Waals surface area contributed by atoms with Crippen molar-refractivity contribution < 1.29 is 48.3 Å². The van der Waals surface area contributed by atoms with Crippen LogP contribution in [0.25, 0.3) is 0 Å². The van der Waals surface area contributed by atoms with Crippen LogP contribution in [0.5, 0.6) is 5.75 Å². The minimum absolute atomic E-state index is 0.0130. The average Bonchev–Trinajstić information content (AvgIpc) is 3.78. The summed E-state index contributed by atoms with van der Waals surface area (Å²) in [6.45, 7) is 10.7. The molecule has 2 heterocycles. The zero-order valence-corrected chi connectivity index (χ0v) is 32.3. The van der Waals surface area contributed by atoms with E-state index in [1.807, 2.05) is 39.0 Å². The lowest BCUT2D eigenvalue weighted by atomic mass is 9.84. The number of nitrogens with one attached hydrogen (secondary N) is 1. The summed E-state index contributed by atoms with van der Waals surface area (Å²) in [4.78, 5) is 41.5. The van der Waals surface area contributed by atoms with Gasteiger partial charge in [-0.25, -0.2) is 9.59 Å². The largest absolute Gasteiger partial charge is 0.495 e. The molecule has 3 N–H and O–H groups in total. The number of aliphatic hydroxyl groups is 2. The summed E-state index contributed by atoms with van der Waals surface area (Å²) >= 11 is 10.9. The zero-order chi connectivity index (χ0) is 37.7. The number of methoxy groups -OCH3 is 2. The molecule has 0 spiro atoms. The molecule has 1 unspecified atom stereocenters. The molecular weight excluding hydrogens is 690 g/mol. The van der Waals surface area contributed by atoms with Crippen molar-refractivity contribution in [3.8, 4) is 5.75 Å². The molecule has 3 rings (SSSR count). The number of alkyl carbamates (subject to hydrolysis) is 1. The van der Waals surface area contributed by atoms with Gasteiger partial charge in [0.15, 0.2) is 5.72 Å². The van der Waals surface area contributed by atoms with Gasteiger partial charge in [0.05, 0.1) is 18.9 Å². The molecule has 2 aliphatic heterocycles. The molecule has 1 aromatic carbocycles. The minimum Gasteiger partial charge on any atom is -0.495 e. The van der Waals surface area contributed by atoms with Crippen LogP contribution in [-0.4, -0.2) is 115 Å². The lowest BCUT2D eigenvalue weighted by molar-refractivity contribution is -0.162. The number of hydrogen-bond donors (Lipinski definition) is 4. The second kappa shape index (κ2) is 17.2. The molecule has 0 aliphatic carbocycles. The van der Waals surface area contributed by atoms with Gasteiger partial charge < -0.3 is 43.7 Å². The van der Waals surface area contributed by atoms with Gasteiger partial charge >= 0.3 is 12.1 Å². The summed E-state index contributed by atoms with van der Waals surface area (Å²) in [5.41, 5.74) is -0.256. The van der Waals surface area contributed by atoms with Crippen molar-refractivity contribution in [3.05, 3.63) is 34.4 Å². The SMILES string of the molecule is C/C=C(\C)Cc1cc(OC)c(Cl)c(N(C)C(O)C[C@H](OC(=O)[C@H](C)N(C)C(=O)CCS)[C@@]2(C)O[C@H]2[C@H](C)[C@@H]2C[C@](O)([C@@H](C)OC)NC(=O)O2)c1. The van der Waals surface area contributed by atoms with E-state index in [1.54, 1.807) is 32.7 Å². The Kier molecular flexibility index (Phi) is 14.3. The molecule has 2 amide bonds. The summed E-state index contributed by atoms with van der Waals surface area (Å²) < 4.78 is 28.8. The smallest absolute Gasteiger partial charge is 0.409 e. The number of esters is 1. The molecular formula is C35H54ClN3O10S. The van der Waals surface area contributed by atoms with E-state index in [4.69, 9.17) is 35.3 Å². The highest BCUT2D eigenvalue weighted by Gasteiger charge is 2.64. The van der Waals surface area contributed by atoms with Crippen molar-refractivity contribution in [2.45, 2.75) is 115 Å². The number of benzene rings is 1. The van der Waals surface area contributed by atoms with Gasteiger partial charge in [0.2, 0.25) is 5.91 Å². The van der Waals surface area contributed by atoms with Crippen molar-refractivity contribution in [2.75, 3.05) is 39.0 Å². The Morgan fingerprint density at radius 1 is 1.24 bits per heavy atom. The number of aliphatic hydroxyl groups excluding tert-OH is 1. The number of carbonyl (C=O) groups is 3. The summed E-state index contributed by atoms with van der Waals surface area (Å²) in [5.74, 6) is -0.676. The van der Waals surface area contributed by atoms with Gasteiger partial charge in [-0.15, -0.1) is 0 Å².